The summed E-state index contributed by atoms with van der Waals surface area (Å²) in [5.74, 6) is -0.593. The van der Waals surface area contributed by atoms with E-state index in [-0.39, 0.29) is 25.7 Å². The maximum absolute atomic E-state index is 13.1. The van der Waals surface area contributed by atoms with Gasteiger partial charge in [-0.15, -0.1) is 0 Å². The smallest absolute Gasteiger partial charge is 0.462 e. The van der Waals surface area contributed by atoms with Crippen LogP contribution < -0.4 is 0 Å². The van der Waals surface area contributed by atoms with Crippen molar-refractivity contribution in [2.75, 3.05) is 39.6 Å². The van der Waals surface area contributed by atoms with Gasteiger partial charge in [0.25, 0.3) is 0 Å². The minimum absolute atomic E-state index is 0.104. The Morgan fingerprint density at radius 3 is 0.708 bits per heavy atom. The lowest BCUT2D eigenvalue weighted by molar-refractivity contribution is -0.161. The molecule has 0 aliphatic heterocycles. The number of phosphoric acid groups is 2. The van der Waals surface area contributed by atoms with Gasteiger partial charge in [0.05, 0.1) is 26.4 Å². The number of unbranched alkanes of at least 4 members (excludes halogenated alkanes) is 46. The SMILES string of the molecule is CCCCCCCCCCCCCCCCCCCCCC(=O)OC[C@H](COP(=O)(O)OC[C@@H](O)COP(=O)(O)OC[C@@H](COC(=O)CCCCCCCCC)OC(=O)CCCCCCCCCCC(C)C)OC(=O)CCCCCCCCCCCCCCCCCCC(C)C. The van der Waals surface area contributed by atoms with E-state index in [9.17, 15) is 43.2 Å². The first-order valence-electron chi connectivity index (χ1n) is 40.0. The van der Waals surface area contributed by atoms with Crippen molar-refractivity contribution < 1.29 is 80.2 Å². The van der Waals surface area contributed by atoms with Crippen LogP contribution in [0.25, 0.3) is 0 Å². The molecule has 96 heavy (non-hydrogen) atoms. The van der Waals surface area contributed by atoms with E-state index < -0.39 is 97.5 Å². The normalized spacial score (nSPS) is 14.0. The summed E-state index contributed by atoms with van der Waals surface area (Å²) < 4.78 is 68.4. The Hall–Kier alpha value is -1.94. The molecule has 0 amide bonds. The Kier molecular flexibility index (Phi) is 67.4. The highest BCUT2D eigenvalue weighted by atomic mass is 31.2. The molecule has 0 spiro atoms. The fraction of sp³-hybridized carbons (Fsp3) is 0.948. The van der Waals surface area contributed by atoms with Crippen molar-refractivity contribution in [1.29, 1.82) is 0 Å². The Morgan fingerprint density at radius 2 is 0.479 bits per heavy atom. The Morgan fingerprint density at radius 1 is 0.281 bits per heavy atom. The molecule has 0 aromatic heterocycles. The lowest BCUT2D eigenvalue weighted by atomic mass is 10.0. The highest BCUT2D eigenvalue weighted by Crippen LogP contribution is 2.45. The van der Waals surface area contributed by atoms with Crippen LogP contribution in [0, 0.1) is 11.8 Å². The summed E-state index contributed by atoms with van der Waals surface area (Å²) in [6.07, 6.45) is 57.2. The first-order chi connectivity index (χ1) is 46.4. The van der Waals surface area contributed by atoms with Gasteiger partial charge in [-0.3, -0.25) is 37.3 Å². The van der Waals surface area contributed by atoms with E-state index in [1.54, 1.807) is 0 Å². The largest absolute Gasteiger partial charge is 0.472 e. The second-order valence-electron chi connectivity index (χ2n) is 28.7. The summed E-state index contributed by atoms with van der Waals surface area (Å²) in [6, 6.07) is 0. The molecule has 0 aliphatic rings. The summed E-state index contributed by atoms with van der Waals surface area (Å²) in [5.41, 5.74) is 0. The Balaban J connectivity index is 5.17. The van der Waals surface area contributed by atoms with E-state index in [2.05, 4.69) is 41.5 Å². The predicted molar refractivity (Wildman–Crippen MR) is 391 cm³/mol. The Bertz CT molecular complexity index is 1860. The van der Waals surface area contributed by atoms with Crippen molar-refractivity contribution >= 4 is 39.5 Å². The monoisotopic (exact) mass is 1410 g/mol. The summed E-state index contributed by atoms with van der Waals surface area (Å²) in [7, 11) is -9.91. The molecule has 0 bridgehead atoms. The average molecular weight is 1410 g/mol. The first kappa shape index (κ1) is 94.1. The van der Waals surface area contributed by atoms with Crippen LogP contribution in [0.1, 0.15) is 401 Å². The summed E-state index contributed by atoms with van der Waals surface area (Å²) >= 11 is 0. The number of rotatable bonds is 76. The van der Waals surface area contributed by atoms with Gasteiger partial charge in [0.15, 0.2) is 12.2 Å². The van der Waals surface area contributed by atoms with E-state index >= 15 is 0 Å². The number of hydrogen-bond donors (Lipinski definition) is 3. The van der Waals surface area contributed by atoms with Crippen molar-refractivity contribution in [3.05, 3.63) is 0 Å². The quantitative estimate of drug-likeness (QED) is 0.0222. The number of aliphatic hydroxyl groups excluding tert-OH is 1. The van der Waals surface area contributed by atoms with Crippen molar-refractivity contribution in [1.82, 2.24) is 0 Å². The van der Waals surface area contributed by atoms with Crippen LogP contribution in [0.4, 0.5) is 0 Å². The summed E-state index contributed by atoms with van der Waals surface area (Å²) in [5, 5.41) is 10.6. The molecule has 2 unspecified atom stereocenters. The molecule has 19 heteroatoms. The van der Waals surface area contributed by atoms with E-state index in [0.29, 0.717) is 25.7 Å². The standard InChI is InChI=1S/C77H150O17P2/c1-7-9-11-13-15-16-17-18-19-20-21-22-26-29-32-35-42-48-54-60-75(80)88-66-73(93-76(81)61-55-49-43-36-33-30-27-24-23-25-28-31-34-40-45-51-57-69(3)4)68-92-96(85,86)90-64-71(78)63-89-95(83,84)91-67-72(65-87-74(79)59-53-47-39-14-12-10-8-2)94-77(82)62-56-50-44-38-37-41-46-52-58-70(5)6/h69-73,78H,7-68H2,1-6H3,(H,83,84)(H,85,86)/t71-,72+,73+/m0/s1. The molecule has 0 aliphatic carbocycles. The fourth-order valence-electron chi connectivity index (χ4n) is 11.8. The maximum Gasteiger partial charge on any atom is 0.472 e. The van der Waals surface area contributed by atoms with Gasteiger partial charge in [-0.2, -0.15) is 0 Å². The molecule has 0 saturated heterocycles. The summed E-state index contributed by atoms with van der Waals surface area (Å²) in [4.78, 5) is 72.7. The van der Waals surface area contributed by atoms with Crippen molar-refractivity contribution in [2.45, 2.75) is 419 Å². The van der Waals surface area contributed by atoms with Gasteiger partial charge < -0.3 is 33.8 Å². The molecule has 17 nitrogen and oxygen atoms in total. The number of esters is 4. The van der Waals surface area contributed by atoms with Crippen LogP contribution in [0.3, 0.4) is 0 Å². The van der Waals surface area contributed by atoms with Gasteiger partial charge in [0, 0.05) is 25.7 Å². The lowest BCUT2D eigenvalue weighted by Crippen LogP contribution is -2.30. The second kappa shape index (κ2) is 68.8. The van der Waals surface area contributed by atoms with Gasteiger partial charge >= 0.3 is 39.5 Å². The number of carbonyl (C=O) groups is 4. The van der Waals surface area contributed by atoms with Crippen LogP contribution in [0.5, 0.6) is 0 Å². The maximum atomic E-state index is 13.1. The number of phosphoric ester groups is 2. The Labute approximate surface area is 588 Å². The van der Waals surface area contributed by atoms with E-state index in [1.165, 1.54) is 205 Å². The molecule has 5 atom stereocenters. The van der Waals surface area contributed by atoms with Gasteiger partial charge in [-0.05, 0) is 37.5 Å². The molecule has 0 aromatic rings. The molecule has 0 aromatic carbocycles. The zero-order chi connectivity index (χ0) is 70.7. The molecule has 0 rings (SSSR count). The van der Waals surface area contributed by atoms with Crippen molar-refractivity contribution in [2.24, 2.45) is 11.8 Å². The third-order valence-corrected chi connectivity index (χ3v) is 19.9. The van der Waals surface area contributed by atoms with Crippen LogP contribution in [-0.4, -0.2) is 96.7 Å². The number of ether oxygens (including phenoxy) is 4. The second-order valence-corrected chi connectivity index (χ2v) is 31.6. The molecular formula is C77H150O17P2. The molecule has 0 saturated carbocycles. The summed E-state index contributed by atoms with van der Waals surface area (Å²) in [6.45, 7) is 9.55. The highest BCUT2D eigenvalue weighted by Gasteiger charge is 2.30. The molecule has 570 valence electrons. The van der Waals surface area contributed by atoms with Gasteiger partial charge in [0.1, 0.15) is 19.3 Å². The zero-order valence-electron chi connectivity index (χ0n) is 62.7. The number of aliphatic hydroxyl groups is 1. The van der Waals surface area contributed by atoms with Gasteiger partial charge in [0.2, 0.25) is 0 Å². The molecule has 0 fully saturated rings. The number of carbonyl (C=O) groups excluding carboxylic acids is 4. The fourth-order valence-corrected chi connectivity index (χ4v) is 13.4. The highest BCUT2D eigenvalue weighted by molar-refractivity contribution is 7.47. The number of hydrogen-bond acceptors (Lipinski definition) is 15. The topological polar surface area (TPSA) is 237 Å². The first-order valence-corrected chi connectivity index (χ1v) is 43.0. The minimum atomic E-state index is -4.96. The van der Waals surface area contributed by atoms with Gasteiger partial charge in [-0.25, -0.2) is 9.13 Å². The lowest BCUT2D eigenvalue weighted by Gasteiger charge is -2.21. The van der Waals surface area contributed by atoms with E-state index in [0.717, 1.165) is 115 Å². The molecule has 3 N–H and O–H groups in total. The van der Waals surface area contributed by atoms with Crippen LogP contribution in [0.2, 0.25) is 0 Å². The third kappa shape index (κ3) is 70.5. The van der Waals surface area contributed by atoms with E-state index in [1.807, 2.05) is 0 Å². The van der Waals surface area contributed by atoms with Crippen molar-refractivity contribution in [3.8, 4) is 0 Å². The van der Waals surface area contributed by atoms with E-state index in [4.69, 9.17) is 37.0 Å². The molecule has 0 radical (unpaired) electrons. The minimum Gasteiger partial charge on any atom is -0.462 e. The van der Waals surface area contributed by atoms with Crippen LogP contribution in [0.15, 0.2) is 0 Å². The zero-order valence-corrected chi connectivity index (χ0v) is 64.5. The molecule has 0 heterocycles. The predicted octanol–water partition coefficient (Wildman–Crippen LogP) is 22.7. The van der Waals surface area contributed by atoms with Crippen molar-refractivity contribution in [3.63, 3.8) is 0 Å². The average Bonchev–Trinajstić information content (AvgIpc) is 1.14. The van der Waals surface area contributed by atoms with Crippen LogP contribution in [-0.2, 0) is 65.4 Å². The van der Waals surface area contributed by atoms with Gasteiger partial charge in [-0.1, -0.05) is 350 Å². The molecular weight excluding hydrogens is 1260 g/mol. The third-order valence-electron chi connectivity index (χ3n) is 18.0. The van der Waals surface area contributed by atoms with Crippen LogP contribution >= 0.6 is 15.6 Å².